The van der Waals surface area contributed by atoms with Gasteiger partial charge in [0.05, 0.1) is 0 Å². The van der Waals surface area contributed by atoms with Gasteiger partial charge in [0, 0.05) is 33.0 Å². The fourth-order valence-corrected chi connectivity index (χ4v) is 3.93. The lowest BCUT2D eigenvalue weighted by Gasteiger charge is -2.30. The van der Waals surface area contributed by atoms with Gasteiger partial charge in [0.2, 0.25) is 11.8 Å². The molecule has 0 aromatic heterocycles. The van der Waals surface area contributed by atoms with Crippen LogP contribution >= 0.6 is 0 Å². The molecule has 1 atom stereocenters. The van der Waals surface area contributed by atoms with Crippen molar-refractivity contribution < 1.29 is 24.2 Å². The minimum atomic E-state index is -0.922. The lowest BCUT2D eigenvalue weighted by atomic mass is 9.93. The van der Waals surface area contributed by atoms with Crippen molar-refractivity contribution in [3.8, 4) is 5.75 Å². The van der Waals surface area contributed by atoms with Crippen LogP contribution in [0.4, 0.5) is 4.79 Å². The van der Waals surface area contributed by atoms with Gasteiger partial charge < -0.3 is 25.4 Å². The number of hydrogen-bond donors (Lipinski definition) is 3. The third-order valence-electron chi connectivity index (χ3n) is 5.87. The lowest BCUT2D eigenvalue weighted by Crippen LogP contribution is -2.47. The number of benzene rings is 2. The Morgan fingerprint density at radius 3 is 2.30 bits per heavy atom. The van der Waals surface area contributed by atoms with Gasteiger partial charge in [-0.2, -0.15) is 0 Å². The van der Waals surface area contributed by atoms with Crippen LogP contribution in [-0.2, 0) is 22.6 Å². The highest BCUT2D eigenvalue weighted by molar-refractivity contribution is 5.87. The van der Waals surface area contributed by atoms with E-state index in [-0.39, 0.29) is 24.2 Å². The molecule has 3 amide bonds. The number of carbonyl (C=O) groups excluding carboxylic acids is 2. The van der Waals surface area contributed by atoms with Crippen molar-refractivity contribution in [3.63, 3.8) is 0 Å². The highest BCUT2D eigenvalue weighted by Gasteiger charge is 2.26. The van der Waals surface area contributed by atoms with Crippen LogP contribution in [0.1, 0.15) is 30.4 Å². The highest BCUT2D eigenvalue weighted by atomic mass is 16.5. The van der Waals surface area contributed by atoms with Crippen LogP contribution in [0.25, 0.3) is 0 Å². The third kappa shape index (κ3) is 7.52. The Morgan fingerprint density at radius 1 is 1.03 bits per heavy atom. The minimum absolute atomic E-state index is 0.118. The Morgan fingerprint density at radius 2 is 1.70 bits per heavy atom. The number of nitrogens with one attached hydrogen (secondary N) is 2. The number of ether oxygens (including phenoxy) is 1. The molecule has 2 aromatic carbocycles. The van der Waals surface area contributed by atoms with Crippen LogP contribution in [0.3, 0.4) is 0 Å². The summed E-state index contributed by atoms with van der Waals surface area (Å²) in [5.74, 6) is 0.399. The Kier molecular flexibility index (Phi) is 8.69. The fraction of sp³-hybridized carbons (Fsp3) is 0.400. The number of piperidine rings is 1. The molecule has 3 N–H and O–H groups in total. The van der Waals surface area contributed by atoms with E-state index in [1.807, 2.05) is 54.6 Å². The Bertz CT molecular complexity index is 925. The van der Waals surface area contributed by atoms with E-state index in [4.69, 9.17) is 9.84 Å². The summed E-state index contributed by atoms with van der Waals surface area (Å²) in [5, 5.41) is 14.5. The molecule has 3 rings (SSSR count). The van der Waals surface area contributed by atoms with E-state index in [0.29, 0.717) is 39.0 Å². The molecule has 8 nitrogen and oxygen atoms in total. The van der Waals surface area contributed by atoms with Gasteiger partial charge in [-0.15, -0.1) is 0 Å². The van der Waals surface area contributed by atoms with Gasteiger partial charge in [-0.1, -0.05) is 42.5 Å². The fourth-order valence-electron chi connectivity index (χ4n) is 3.93. The Labute approximate surface area is 193 Å². The average Bonchev–Trinajstić information content (AvgIpc) is 2.83. The van der Waals surface area contributed by atoms with Crippen molar-refractivity contribution in [1.82, 2.24) is 15.5 Å². The van der Waals surface area contributed by atoms with Gasteiger partial charge >= 0.3 is 6.09 Å². The maximum absolute atomic E-state index is 12.6. The summed E-state index contributed by atoms with van der Waals surface area (Å²) in [7, 11) is 1.55. The number of likely N-dealkylation sites (N-methyl/N-ethyl adjacent to an activating group) is 1. The topological polar surface area (TPSA) is 108 Å². The molecule has 1 saturated heterocycles. The number of carboxylic acid groups (broad SMARTS) is 1. The molecule has 1 aliphatic rings. The van der Waals surface area contributed by atoms with Gasteiger partial charge in [-0.3, -0.25) is 9.59 Å². The van der Waals surface area contributed by atoms with E-state index in [2.05, 4.69) is 10.6 Å². The number of hydrogen-bond acceptors (Lipinski definition) is 4. The van der Waals surface area contributed by atoms with Gasteiger partial charge in [-0.05, 0) is 42.0 Å². The van der Waals surface area contributed by atoms with Crippen molar-refractivity contribution in [1.29, 1.82) is 0 Å². The van der Waals surface area contributed by atoms with Gasteiger partial charge in [0.15, 0.2) is 0 Å². The van der Waals surface area contributed by atoms with E-state index in [0.717, 1.165) is 16.9 Å². The monoisotopic (exact) mass is 453 g/mol. The first-order valence-electron chi connectivity index (χ1n) is 11.2. The highest BCUT2D eigenvalue weighted by Crippen LogP contribution is 2.21. The minimum Gasteiger partial charge on any atom is -0.489 e. The second kappa shape index (κ2) is 11.9. The normalized spacial score (nSPS) is 14.9. The molecule has 0 aliphatic carbocycles. The summed E-state index contributed by atoms with van der Waals surface area (Å²) in [6.07, 6.45) is 1.02. The lowest BCUT2D eigenvalue weighted by molar-refractivity contribution is -0.129. The molecule has 2 aromatic rings. The molecular weight excluding hydrogens is 422 g/mol. The molecule has 1 fully saturated rings. The molecule has 8 heteroatoms. The summed E-state index contributed by atoms with van der Waals surface area (Å²) in [6, 6.07) is 16.7. The number of likely N-dealkylation sites (tertiary alicyclic amines) is 1. The van der Waals surface area contributed by atoms with Gasteiger partial charge in [-0.25, -0.2) is 4.79 Å². The largest absolute Gasteiger partial charge is 0.489 e. The van der Waals surface area contributed by atoms with Crippen molar-refractivity contribution in [2.75, 3.05) is 20.1 Å². The summed E-state index contributed by atoms with van der Waals surface area (Å²) in [5.41, 5.74) is 1.99. The summed E-state index contributed by atoms with van der Waals surface area (Å²) < 4.78 is 5.80. The van der Waals surface area contributed by atoms with E-state index < -0.39 is 12.1 Å². The summed E-state index contributed by atoms with van der Waals surface area (Å²) >= 11 is 0. The molecule has 0 saturated carbocycles. The third-order valence-corrected chi connectivity index (χ3v) is 5.87. The molecule has 1 aliphatic heterocycles. The number of nitrogens with zero attached hydrogens (tertiary/aromatic N) is 1. The van der Waals surface area contributed by atoms with Crippen LogP contribution in [0.5, 0.6) is 5.75 Å². The summed E-state index contributed by atoms with van der Waals surface area (Å²) in [6.45, 7) is 1.35. The predicted octanol–water partition coefficient (Wildman–Crippen LogP) is 2.82. The van der Waals surface area contributed by atoms with Crippen molar-refractivity contribution in [3.05, 3.63) is 65.7 Å². The van der Waals surface area contributed by atoms with Crippen LogP contribution in [0.2, 0.25) is 0 Å². The van der Waals surface area contributed by atoms with Crippen molar-refractivity contribution in [2.45, 2.75) is 38.3 Å². The molecule has 33 heavy (non-hydrogen) atoms. The second-order valence-corrected chi connectivity index (χ2v) is 8.27. The van der Waals surface area contributed by atoms with E-state index >= 15 is 0 Å². The first-order chi connectivity index (χ1) is 15.9. The van der Waals surface area contributed by atoms with Gasteiger partial charge in [0.25, 0.3) is 0 Å². The predicted molar refractivity (Wildman–Crippen MR) is 124 cm³/mol. The zero-order valence-electron chi connectivity index (χ0n) is 18.8. The standard InChI is InChI=1S/C25H31N3O5/c1-26-24(30)22(27-23(29)16-19-11-13-28(14-12-19)25(31)32)15-18-7-9-21(10-8-18)33-17-20-5-3-2-4-6-20/h2-10,19,22H,11-17H2,1H3,(H,26,30)(H,27,29)(H,31,32). The number of rotatable bonds is 9. The number of carbonyl (C=O) groups is 3. The molecular formula is C25H31N3O5. The average molecular weight is 454 g/mol. The SMILES string of the molecule is CNC(=O)C(Cc1ccc(OCc2ccccc2)cc1)NC(=O)CC1CCN(C(=O)O)CC1. The van der Waals surface area contributed by atoms with Crippen LogP contribution < -0.4 is 15.4 Å². The van der Waals surface area contributed by atoms with Crippen LogP contribution in [0.15, 0.2) is 54.6 Å². The molecule has 1 unspecified atom stereocenters. The molecule has 0 spiro atoms. The molecule has 0 bridgehead atoms. The van der Waals surface area contributed by atoms with Crippen molar-refractivity contribution >= 4 is 17.9 Å². The van der Waals surface area contributed by atoms with E-state index in [9.17, 15) is 14.4 Å². The molecule has 0 radical (unpaired) electrons. The van der Waals surface area contributed by atoms with Crippen LogP contribution in [-0.4, -0.2) is 54.1 Å². The summed E-state index contributed by atoms with van der Waals surface area (Å²) in [4.78, 5) is 37.3. The Hall–Kier alpha value is -3.55. The zero-order valence-corrected chi connectivity index (χ0v) is 18.8. The van der Waals surface area contributed by atoms with Gasteiger partial charge in [0.1, 0.15) is 18.4 Å². The Balaban J connectivity index is 1.51. The van der Waals surface area contributed by atoms with Crippen molar-refractivity contribution in [2.24, 2.45) is 5.92 Å². The quantitative estimate of drug-likeness (QED) is 0.541. The van der Waals surface area contributed by atoms with Crippen LogP contribution in [0, 0.1) is 5.92 Å². The maximum atomic E-state index is 12.6. The molecule has 176 valence electrons. The van der Waals surface area contributed by atoms with E-state index in [1.165, 1.54) is 4.90 Å². The van der Waals surface area contributed by atoms with E-state index in [1.54, 1.807) is 7.05 Å². The first kappa shape index (κ1) is 24.1. The number of amides is 3. The first-order valence-corrected chi connectivity index (χ1v) is 11.2. The smallest absolute Gasteiger partial charge is 0.407 e. The molecule has 1 heterocycles. The maximum Gasteiger partial charge on any atom is 0.407 e. The second-order valence-electron chi connectivity index (χ2n) is 8.27. The zero-order chi connectivity index (χ0) is 23.6.